The van der Waals surface area contributed by atoms with Crippen molar-refractivity contribution in [1.29, 1.82) is 0 Å². The molecule has 16 heteroatoms. The fourth-order valence-electron chi connectivity index (χ4n) is 7.01. The predicted molar refractivity (Wildman–Crippen MR) is 280 cm³/mol. The predicted octanol–water partition coefficient (Wildman–Crippen LogP) is 7.24. The number of ether oxygens (including phenoxy) is 1. The summed E-state index contributed by atoms with van der Waals surface area (Å²) in [5, 5.41) is 12.2. The monoisotopic (exact) mass is 961 g/mol. The zero-order chi connectivity index (χ0) is 49.6. The van der Waals surface area contributed by atoms with Gasteiger partial charge >= 0.3 is 0 Å². The van der Waals surface area contributed by atoms with Gasteiger partial charge in [-0.25, -0.2) is 0 Å². The summed E-state index contributed by atoms with van der Waals surface area (Å²) < 4.78 is 5.93. The number of hydrogen-bond donors (Lipinski definition) is 9. The number of anilines is 4. The molecule has 1 unspecified atom stereocenters. The van der Waals surface area contributed by atoms with Gasteiger partial charge in [0.1, 0.15) is 12.4 Å². The number of hydrogen-bond acceptors (Lipinski definition) is 12. The first kappa shape index (κ1) is 53.2. The first-order valence-electron chi connectivity index (χ1n) is 22.7. The normalized spacial score (nSPS) is 12.5. The summed E-state index contributed by atoms with van der Waals surface area (Å²) in [6, 6.07) is 29.5. The first-order chi connectivity index (χ1) is 32.3. The Balaban J connectivity index is 1.52. The van der Waals surface area contributed by atoms with Crippen LogP contribution in [0, 0.1) is 0 Å². The van der Waals surface area contributed by atoms with Gasteiger partial charge in [0.2, 0.25) is 11.8 Å². The molecule has 14 N–H and O–H groups in total. The molecule has 0 aliphatic heterocycles. The molecule has 362 valence electrons. The minimum Gasteiger partial charge on any atom is -0.492 e. The highest BCUT2D eigenvalue weighted by atomic mass is 32.2. The third-order valence-electron chi connectivity index (χ3n) is 10.7. The highest BCUT2D eigenvalue weighted by molar-refractivity contribution is 7.99. The Hall–Kier alpha value is -5.72. The maximum absolute atomic E-state index is 14.5. The van der Waals surface area contributed by atoms with E-state index in [1.54, 1.807) is 12.1 Å². The van der Waals surface area contributed by atoms with E-state index < -0.39 is 34.7 Å². The number of carbonyl (C=O) groups excluding carboxylic acids is 4. The summed E-state index contributed by atoms with van der Waals surface area (Å²) in [6.07, 6.45) is 0.660. The van der Waals surface area contributed by atoms with Crippen LogP contribution in [0.2, 0.25) is 0 Å². The second-order valence-electron chi connectivity index (χ2n) is 18.4. The molecule has 0 fully saturated rings. The molecule has 0 aliphatic carbocycles. The van der Waals surface area contributed by atoms with Gasteiger partial charge in [-0.15, -0.1) is 23.5 Å². The van der Waals surface area contributed by atoms with E-state index in [9.17, 15) is 19.2 Å². The Morgan fingerprint density at radius 3 is 1.24 bits per heavy atom. The van der Waals surface area contributed by atoms with Crippen molar-refractivity contribution in [3.8, 4) is 5.75 Å². The van der Waals surface area contributed by atoms with E-state index in [4.69, 9.17) is 33.4 Å². The van der Waals surface area contributed by atoms with Crippen molar-refractivity contribution < 1.29 is 23.9 Å². The number of nitrogens with one attached hydrogen (secondary N) is 4. The van der Waals surface area contributed by atoms with Crippen LogP contribution in [-0.2, 0) is 33.3 Å². The number of benzene rings is 5. The van der Waals surface area contributed by atoms with E-state index in [2.05, 4.69) is 21.3 Å². The Kier molecular flexibility index (Phi) is 19.2. The molecule has 4 amide bonds. The molecule has 0 saturated carbocycles. The van der Waals surface area contributed by atoms with E-state index in [-0.39, 0.29) is 41.8 Å². The largest absolute Gasteiger partial charge is 0.492 e. The third-order valence-corrected chi connectivity index (χ3v) is 13.1. The molecule has 5 aromatic rings. The van der Waals surface area contributed by atoms with Gasteiger partial charge in [-0.3, -0.25) is 19.2 Å². The number of nitrogens with two attached hydrogens (primary N) is 5. The fourth-order valence-corrected chi connectivity index (χ4v) is 8.72. The van der Waals surface area contributed by atoms with Crippen molar-refractivity contribution in [2.24, 2.45) is 28.7 Å². The molecule has 0 aromatic heterocycles. The van der Waals surface area contributed by atoms with Gasteiger partial charge in [0.05, 0.1) is 44.6 Å². The Labute approximate surface area is 409 Å². The van der Waals surface area contributed by atoms with Crippen molar-refractivity contribution in [2.75, 3.05) is 59.0 Å². The van der Waals surface area contributed by atoms with E-state index in [0.29, 0.717) is 70.0 Å². The lowest BCUT2D eigenvalue weighted by Crippen LogP contribution is -2.37. The highest BCUT2D eigenvalue weighted by Gasteiger charge is 2.27. The summed E-state index contributed by atoms with van der Waals surface area (Å²) in [6.45, 7) is 13.2. The quantitative estimate of drug-likeness (QED) is 0.0330. The van der Waals surface area contributed by atoms with Crippen molar-refractivity contribution in [1.82, 2.24) is 0 Å². The number of carbonyl (C=O) groups is 4. The zero-order valence-corrected chi connectivity index (χ0v) is 41.5. The molecule has 2 atom stereocenters. The fraction of sp³-hybridized carbons (Fsp3) is 0.346. The average molecular weight is 962 g/mol. The van der Waals surface area contributed by atoms with Gasteiger partial charge in [0.15, 0.2) is 0 Å². The van der Waals surface area contributed by atoms with Crippen LogP contribution in [0.4, 0.5) is 22.7 Å². The summed E-state index contributed by atoms with van der Waals surface area (Å²) in [4.78, 5) is 57.5. The van der Waals surface area contributed by atoms with Crippen LogP contribution in [0.1, 0.15) is 84.5 Å². The Morgan fingerprint density at radius 2 is 0.897 bits per heavy atom. The lowest BCUT2D eigenvalue weighted by Gasteiger charge is -2.25. The minimum atomic E-state index is -0.846. The summed E-state index contributed by atoms with van der Waals surface area (Å²) in [7, 11) is 0. The van der Waals surface area contributed by atoms with Gasteiger partial charge in [-0.2, -0.15) is 0 Å². The smallest absolute Gasteiger partial charge is 0.255 e. The SMILES string of the molecule is CC(C)(C)c1cc(NC(=O)c2cc(OCCN)cc(C(=O)Nc3cc(C(C)(C)C)cc(NC(=O)[C@H](N)Cc4ccccc4)c3SCCN)c2)c(SCCN)c(NC(=O)C(N)Cc2ccccc2)c1. The van der Waals surface area contributed by atoms with E-state index in [1.807, 2.05) is 126 Å². The van der Waals surface area contributed by atoms with E-state index in [1.165, 1.54) is 29.6 Å². The van der Waals surface area contributed by atoms with Gasteiger partial charge in [-0.1, -0.05) is 102 Å². The van der Waals surface area contributed by atoms with Crippen LogP contribution in [-0.4, -0.2) is 73.5 Å². The molecule has 68 heavy (non-hydrogen) atoms. The second kappa shape index (κ2) is 24.5. The zero-order valence-electron chi connectivity index (χ0n) is 39.9. The van der Waals surface area contributed by atoms with Crippen molar-refractivity contribution in [3.05, 3.63) is 137 Å². The van der Waals surface area contributed by atoms with Crippen LogP contribution in [0.5, 0.6) is 5.75 Å². The number of rotatable bonds is 21. The van der Waals surface area contributed by atoms with Crippen LogP contribution in [0.15, 0.2) is 113 Å². The average Bonchev–Trinajstić information content (AvgIpc) is 3.30. The molecule has 5 aromatic carbocycles. The molecule has 0 bridgehead atoms. The van der Waals surface area contributed by atoms with Gasteiger partial charge in [0.25, 0.3) is 11.8 Å². The van der Waals surface area contributed by atoms with Crippen LogP contribution in [0.25, 0.3) is 0 Å². The molecular weight excluding hydrogens is 895 g/mol. The van der Waals surface area contributed by atoms with Gasteiger partial charge in [0, 0.05) is 42.3 Å². The number of amides is 4. The summed E-state index contributed by atoms with van der Waals surface area (Å²) in [5.41, 5.74) is 35.5. The van der Waals surface area contributed by atoms with Gasteiger partial charge < -0.3 is 54.7 Å². The van der Waals surface area contributed by atoms with Crippen molar-refractivity contribution >= 4 is 69.9 Å². The maximum atomic E-state index is 14.5. The van der Waals surface area contributed by atoms with Crippen LogP contribution in [0.3, 0.4) is 0 Å². The van der Waals surface area contributed by atoms with Crippen LogP contribution >= 0.6 is 23.5 Å². The van der Waals surface area contributed by atoms with Crippen LogP contribution < -0.4 is 54.7 Å². The molecule has 14 nitrogen and oxygen atoms in total. The molecule has 0 radical (unpaired) electrons. The Bertz CT molecular complexity index is 2360. The minimum absolute atomic E-state index is 0.123. The molecule has 0 aliphatic rings. The maximum Gasteiger partial charge on any atom is 0.255 e. The highest BCUT2D eigenvalue weighted by Crippen LogP contribution is 2.41. The third kappa shape index (κ3) is 15.1. The molecule has 0 heterocycles. The topological polar surface area (TPSA) is 256 Å². The number of thioether (sulfide) groups is 2. The van der Waals surface area contributed by atoms with E-state index in [0.717, 1.165) is 22.3 Å². The second-order valence-corrected chi connectivity index (χ2v) is 20.6. The molecule has 5 rings (SSSR count). The van der Waals surface area contributed by atoms with E-state index >= 15 is 0 Å². The lowest BCUT2D eigenvalue weighted by atomic mass is 9.86. The molecule has 0 spiro atoms. The standard InChI is InChI=1S/C52H67N9O5S2/c1-51(2,3)36-28-41(45(67-21-18-54)43(30-36)60-49(64)39(56)23-32-13-9-7-10-14-32)58-47(62)34-25-35(27-38(26-34)66-20-17-53)48(63)59-42-29-37(52(4,5)6)31-44(46(42)68-22-19-55)61-50(65)40(57)24-33-15-11-8-12-16-33/h7-16,25-31,39-40H,17-24,53-57H2,1-6H3,(H,58,62)(H,59,63)(H,60,64)(H,61,65)/t39-,40?/m1/s1. The summed E-state index contributed by atoms with van der Waals surface area (Å²) >= 11 is 2.77. The first-order valence-corrected chi connectivity index (χ1v) is 24.6. The van der Waals surface area contributed by atoms with Crippen molar-refractivity contribution in [2.45, 2.75) is 87.1 Å². The lowest BCUT2D eigenvalue weighted by molar-refractivity contribution is -0.118. The molecule has 0 saturated heterocycles. The Morgan fingerprint density at radius 1 is 0.529 bits per heavy atom. The summed E-state index contributed by atoms with van der Waals surface area (Å²) in [5.74, 6) is -0.634. The van der Waals surface area contributed by atoms with Crippen molar-refractivity contribution in [3.63, 3.8) is 0 Å². The van der Waals surface area contributed by atoms with Gasteiger partial charge in [-0.05, 0) is 88.4 Å². The molecular formula is C52H67N9O5S2.